The van der Waals surface area contributed by atoms with Crippen molar-refractivity contribution >= 4 is 17.8 Å². The summed E-state index contributed by atoms with van der Waals surface area (Å²) in [6.07, 6.45) is -1.45. The summed E-state index contributed by atoms with van der Waals surface area (Å²) in [6, 6.07) is 18.8. The first-order chi connectivity index (χ1) is 24.3. The van der Waals surface area contributed by atoms with E-state index in [1.807, 2.05) is 52.0 Å². The number of rotatable bonds is 7. The standard InChI is InChI=1S/C37H44O7.C5H11NO2/c1-22(16-17-24-12-8-6-9-13-24)43-29-20-37(41)19-27-26-21-42-28(26)18-30(44-34(40)25-14-10-7-11-15-25)36(27,5)33(39)32(38)31(23(29)2)35(37,3)4;1-5(2,3)8-4(6)7/h6-15,26-30,32,38,41H,1,16-21H2,2-5H3;1-3H3,(H2,6,7)/t26-,27?,28?,29-,30?,32?,36?,37?;/m0./s1. The number of carbonyl (C=O) groups excluding carboxylic acids is 3. The van der Waals surface area contributed by atoms with Gasteiger partial charge in [-0.25, -0.2) is 9.59 Å². The monoisotopic (exact) mass is 717 g/mol. The molecule has 1 saturated heterocycles. The van der Waals surface area contributed by atoms with Crippen LogP contribution in [0.4, 0.5) is 4.79 Å². The SMILES string of the molecule is C=C(CCc1ccccc1)O[C@H]1CC2(O)CC3[C@@H]4COC4CC(OC(=O)c4ccccc4)C3(C)C(=O)C(O)C(=C1C)C2(C)C.CC(C)(C)OC(N)=O. The predicted octanol–water partition coefficient (Wildman–Crippen LogP) is 6.48. The van der Waals surface area contributed by atoms with E-state index in [9.17, 15) is 24.6 Å². The van der Waals surface area contributed by atoms with Crippen LogP contribution in [0.2, 0.25) is 0 Å². The van der Waals surface area contributed by atoms with Gasteiger partial charge in [0.15, 0.2) is 5.78 Å². The number of ketones is 1. The first-order valence-corrected chi connectivity index (χ1v) is 18.2. The van der Waals surface area contributed by atoms with Gasteiger partial charge in [0.25, 0.3) is 0 Å². The third-order valence-corrected chi connectivity index (χ3v) is 11.8. The molecule has 0 radical (unpaired) electrons. The maximum atomic E-state index is 14.6. The Hall–Kier alpha value is -3.99. The lowest BCUT2D eigenvalue weighted by atomic mass is 9.47. The fourth-order valence-corrected chi connectivity index (χ4v) is 8.69. The molecule has 2 bridgehead atoms. The van der Waals surface area contributed by atoms with Gasteiger partial charge >= 0.3 is 12.1 Å². The van der Waals surface area contributed by atoms with E-state index in [0.29, 0.717) is 42.8 Å². The van der Waals surface area contributed by atoms with Crippen molar-refractivity contribution in [2.24, 2.45) is 28.4 Å². The van der Waals surface area contributed by atoms with Gasteiger partial charge in [0.05, 0.1) is 35.0 Å². The summed E-state index contributed by atoms with van der Waals surface area (Å²) in [7, 11) is 0. The Kier molecular flexibility index (Phi) is 11.2. The molecule has 0 spiro atoms. The smallest absolute Gasteiger partial charge is 0.405 e. The molecule has 4 aliphatic rings. The lowest BCUT2D eigenvalue weighted by molar-refractivity contribution is -0.243. The fourth-order valence-electron chi connectivity index (χ4n) is 8.69. The Labute approximate surface area is 307 Å². The summed E-state index contributed by atoms with van der Waals surface area (Å²) >= 11 is 0. The zero-order valence-electron chi connectivity index (χ0n) is 31.5. The van der Waals surface area contributed by atoms with Crippen molar-refractivity contribution in [3.8, 4) is 0 Å². The van der Waals surface area contributed by atoms with Gasteiger partial charge in [-0.3, -0.25) is 4.79 Å². The van der Waals surface area contributed by atoms with E-state index in [-0.39, 0.29) is 30.1 Å². The van der Waals surface area contributed by atoms with Gasteiger partial charge in [0.1, 0.15) is 23.9 Å². The number of aryl methyl sites for hydroxylation is 1. The molecular weight excluding hydrogens is 662 g/mol. The Morgan fingerprint density at radius 1 is 1.00 bits per heavy atom. The minimum Gasteiger partial charge on any atom is -0.491 e. The lowest BCUT2D eigenvalue weighted by Gasteiger charge is -2.62. The van der Waals surface area contributed by atoms with Gasteiger partial charge in [-0.1, -0.05) is 69.0 Å². The van der Waals surface area contributed by atoms with Crippen LogP contribution in [0, 0.1) is 22.7 Å². The number of hydrogen-bond acceptors (Lipinski definition) is 9. The predicted molar refractivity (Wildman–Crippen MR) is 196 cm³/mol. The molecule has 52 heavy (non-hydrogen) atoms. The zero-order chi connectivity index (χ0) is 38.2. The Balaban J connectivity index is 0.000000587. The molecule has 282 valence electrons. The number of ether oxygens (including phenoxy) is 4. The molecule has 2 aromatic rings. The molecule has 1 aliphatic heterocycles. The minimum atomic E-state index is -1.50. The highest BCUT2D eigenvalue weighted by Gasteiger charge is 2.68. The molecule has 2 saturated carbocycles. The summed E-state index contributed by atoms with van der Waals surface area (Å²) in [5.74, 6) is -0.685. The molecule has 8 atom stereocenters. The Bertz CT molecular complexity index is 1680. The van der Waals surface area contributed by atoms with Crippen molar-refractivity contribution in [1.82, 2.24) is 0 Å². The fraction of sp³-hybridized carbons (Fsp3) is 0.548. The topological polar surface area (TPSA) is 155 Å². The number of amides is 1. The van der Waals surface area contributed by atoms with Crippen LogP contribution < -0.4 is 5.73 Å². The van der Waals surface area contributed by atoms with Gasteiger partial charge in [-0.15, -0.1) is 0 Å². The number of Topliss-reactive ketones (excluding diaryl/α,β-unsaturated/α-hetero) is 1. The molecule has 10 nitrogen and oxygen atoms in total. The lowest BCUT2D eigenvalue weighted by Crippen LogP contribution is -2.69. The highest BCUT2D eigenvalue weighted by Crippen LogP contribution is 2.62. The number of esters is 1. The average Bonchev–Trinajstić information content (AvgIpc) is 3.05. The van der Waals surface area contributed by atoms with Gasteiger partial charge in [0, 0.05) is 30.6 Å². The highest BCUT2D eigenvalue weighted by atomic mass is 16.6. The molecule has 0 aromatic heterocycles. The van der Waals surface area contributed by atoms with Crippen LogP contribution in [0.5, 0.6) is 0 Å². The summed E-state index contributed by atoms with van der Waals surface area (Å²) in [6.45, 7) is 17.4. The number of allylic oxidation sites excluding steroid dienone is 1. The number of fused-ring (bicyclic) bond motifs is 5. The number of aliphatic hydroxyl groups excluding tert-OH is 1. The molecule has 6 rings (SSSR count). The summed E-state index contributed by atoms with van der Waals surface area (Å²) in [5, 5.41) is 24.7. The van der Waals surface area contributed by atoms with Crippen LogP contribution in [-0.4, -0.2) is 70.3 Å². The molecule has 3 aliphatic carbocycles. The second kappa shape index (κ2) is 14.8. The highest BCUT2D eigenvalue weighted by molar-refractivity contribution is 5.94. The van der Waals surface area contributed by atoms with Crippen LogP contribution >= 0.6 is 0 Å². The van der Waals surface area contributed by atoms with Crippen LogP contribution in [0.15, 0.2) is 84.1 Å². The van der Waals surface area contributed by atoms with E-state index in [1.165, 1.54) is 5.56 Å². The average molecular weight is 718 g/mol. The van der Waals surface area contributed by atoms with E-state index in [1.54, 1.807) is 45.0 Å². The zero-order valence-corrected chi connectivity index (χ0v) is 31.5. The van der Waals surface area contributed by atoms with E-state index in [2.05, 4.69) is 23.4 Å². The number of carbonyl (C=O) groups is 3. The van der Waals surface area contributed by atoms with Crippen LogP contribution in [0.1, 0.15) is 90.1 Å². The van der Waals surface area contributed by atoms with Gasteiger partial charge in [-0.2, -0.15) is 0 Å². The van der Waals surface area contributed by atoms with Crippen molar-refractivity contribution in [1.29, 1.82) is 0 Å². The summed E-state index contributed by atoms with van der Waals surface area (Å²) < 4.78 is 23.0. The first-order valence-electron chi connectivity index (χ1n) is 18.2. The van der Waals surface area contributed by atoms with Crippen molar-refractivity contribution in [2.45, 2.75) is 116 Å². The quantitative estimate of drug-likeness (QED) is 0.166. The summed E-state index contributed by atoms with van der Waals surface area (Å²) in [4.78, 5) is 37.9. The normalized spacial score (nSPS) is 31.9. The van der Waals surface area contributed by atoms with Crippen molar-refractivity contribution in [3.63, 3.8) is 0 Å². The van der Waals surface area contributed by atoms with E-state index >= 15 is 0 Å². The number of hydrogen-bond donors (Lipinski definition) is 3. The van der Waals surface area contributed by atoms with Gasteiger partial charge < -0.3 is 34.9 Å². The molecule has 10 heteroatoms. The number of nitrogens with two attached hydrogens (primary N) is 1. The molecule has 1 amide bonds. The van der Waals surface area contributed by atoms with Crippen molar-refractivity contribution < 1.29 is 43.5 Å². The van der Waals surface area contributed by atoms with E-state index in [4.69, 9.17) is 19.9 Å². The molecule has 1 heterocycles. The Morgan fingerprint density at radius 3 is 2.15 bits per heavy atom. The maximum absolute atomic E-state index is 14.6. The Morgan fingerprint density at radius 2 is 1.62 bits per heavy atom. The number of primary amides is 1. The largest absolute Gasteiger partial charge is 0.491 e. The second-order valence-electron chi connectivity index (χ2n) is 16.5. The molecule has 4 N–H and O–H groups in total. The third kappa shape index (κ3) is 7.70. The van der Waals surface area contributed by atoms with Crippen LogP contribution in [0.25, 0.3) is 0 Å². The van der Waals surface area contributed by atoms with E-state index < -0.39 is 52.4 Å². The van der Waals surface area contributed by atoms with Crippen molar-refractivity contribution in [3.05, 3.63) is 95.3 Å². The van der Waals surface area contributed by atoms with Gasteiger partial charge in [0.2, 0.25) is 0 Å². The number of benzene rings is 2. The number of aliphatic hydroxyl groups is 2. The first kappa shape index (κ1) is 39.2. The molecular formula is C42H55NO9. The molecule has 3 fully saturated rings. The van der Waals surface area contributed by atoms with Gasteiger partial charge in [-0.05, 0) is 82.2 Å². The maximum Gasteiger partial charge on any atom is 0.405 e. The van der Waals surface area contributed by atoms with Crippen LogP contribution in [0.3, 0.4) is 0 Å². The van der Waals surface area contributed by atoms with E-state index in [0.717, 1.165) is 12.0 Å². The minimum absolute atomic E-state index is 0.00332. The molecule has 6 unspecified atom stereocenters. The molecule has 2 aromatic carbocycles. The van der Waals surface area contributed by atoms with Crippen molar-refractivity contribution in [2.75, 3.05) is 6.61 Å². The third-order valence-electron chi connectivity index (χ3n) is 11.8. The second-order valence-corrected chi connectivity index (χ2v) is 16.5. The summed E-state index contributed by atoms with van der Waals surface area (Å²) in [5.41, 5.74) is 3.61. The van der Waals surface area contributed by atoms with Crippen LogP contribution in [-0.2, 0) is 30.2 Å².